The molecule has 8 aromatic carbocycles. The number of fused-ring (bicyclic) bond motifs is 10. The van der Waals surface area contributed by atoms with E-state index in [9.17, 15) is 0 Å². The molecular formula is C51H32N2O. The molecule has 0 bridgehead atoms. The van der Waals surface area contributed by atoms with Crippen molar-refractivity contribution in [3.8, 4) is 67.7 Å². The predicted molar refractivity (Wildman–Crippen MR) is 219 cm³/mol. The molecular weight excluding hydrogens is 657 g/mol. The number of hydrogen-bond donors (Lipinski definition) is 0. The van der Waals surface area contributed by atoms with Gasteiger partial charge in [0.25, 0.3) is 0 Å². The fourth-order valence-electron chi connectivity index (χ4n) is 8.80. The molecule has 0 amide bonds. The molecule has 252 valence electrons. The van der Waals surface area contributed by atoms with Gasteiger partial charge in [-0.05, 0) is 74.5 Å². The van der Waals surface area contributed by atoms with E-state index in [-0.39, 0.29) is 0 Å². The summed E-state index contributed by atoms with van der Waals surface area (Å²) >= 11 is 0. The Kier molecular flexibility index (Phi) is 6.77. The standard InChI is InChI=1S/C51H32N2O/c1-2-15-34(16-3-1)46-32-47(36-19-12-18-35(30-36)39-22-13-17-33-14-4-5-20-38(33)39)53-50(52-46)37-28-29-41-40-21-6-7-23-42(40)51(45(41)31-37)43-24-8-10-26-48(43)54-49-27-11-9-25-44(49)51/h1-32H. The van der Waals surface area contributed by atoms with Crippen molar-refractivity contribution in [2.24, 2.45) is 0 Å². The Morgan fingerprint density at radius 2 is 0.926 bits per heavy atom. The van der Waals surface area contributed by atoms with Crippen LogP contribution in [0.4, 0.5) is 0 Å². The molecule has 1 aliphatic heterocycles. The summed E-state index contributed by atoms with van der Waals surface area (Å²) in [6.07, 6.45) is 0. The second-order valence-electron chi connectivity index (χ2n) is 14.1. The lowest BCUT2D eigenvalue weighted by Gasteiger charge is -2.39. The molecule has 0 radical (unpaired) electrons. The highest BCUT2D eigenvalue weighted by Crippen LogP contribution is 2.62. The second-order valence-corrected chi connectivity index (χ2v) is 14.1. The van der Waals surface area contributed by atoms with Gasteiger partial charge in [-0.3, -0.25) is 0 Å². The van der Waals surface area contributed by atoms with Crippen molar-refractivity contribution >= 4 is 10.8 Å². The van der Waals surface area contributed by atoms with Crippen LogP contribution >= 0.6 is 0 Å². The molecule has 3 heteroatoms. The Balaban J connectivity index is 1.13. The van der Waals surface area contributed by atoms with Gasteiger partial charge in [-0.1, -0.05) is 164 Å². The van der Waals surface area contributed by atoms with E-state index in [1.165, 1.54) is 38.6 Å². The van der Waals surface area contributed by atoms with Crippen molar-refractivity contribution in [2.45, 2.75) is 5.41 Å². The lowest BCUT2D eigenvalue weighted by atomic mass is 9.66. The van der Waals surface area contributed by atoms with Crippen LogP contribution in [0.2, 0.25) is 0 Å². The summed E-state index contributed by atoms with van der Waals surface area (Å²) in [5, 5.41) is 2.46. The summed E-state index contributed by atoms with van der Waals surface area (Å²) in [7, 11) is 0. The van der Waals surface area contributed by atoms with Crippen LogP contribution in [-0.2, 0) is 5.41 Å². The van der Waals surface area contributed by atoms with E-state index in [4.69, 9.17) is 14.7 Å². The van der Waals surface area contributed by atoms with Crippen molar-refractivity contribution in [3.05, 3.63) is 216 Å². The Bertz CT molecular complexity index is 2880. The van der Waals surface area contributed by atoms with Gasteiger partial charge in [0.2, 0.25) is 0 Å². The smallest absolute Gasteiger partial charge is 0.160 e. The van der Waals surface area contributed by atoms with E-state index in [1.807, 2.05) is 6.07 Å². The summed E-state index contributed by atoms with van der Waals surface area (Å²) in [6, 6.07) is 68.9. The quantitative estimate of drug-likeness (QED) is 0.185. The fraction of sp³-hybridized carbons (Fsp3) is 0.0196. The topological polar surface area (TPSA) is 35.0 Å². The lowest BCUT2D eigenvalue weighted by Crippen LogP contribution is -2.32. The number of ether oxygens (including phenoxy) is 1. The summed E-state index contributed by atoms with van der Waals surface area (Å²) < 4.78 is 6.58. The summed E-state index contributed by atoms with van der Waals surface area (Å²) in [5.41, 5.74) is 13.8. The Hall–Kier alpha value is -7.10. The highest BCUT2D eigenvalue weighted by atomic mass is 16.5. The molecule has 0 N–H and O–H groups in total. The molecule has 0 saturated carbocycles. The van der Waals surface area contributed by atoms with Gasteiger partial charge in [-0.15, -0.1) is 0 Å². The normalized spacial score (nSPS) is 13.1. The first-order valence-corrected chi connectivity index (χ1v) is 18.4. The van der Waals surface area contributed by atoms with Gasteiger partial charge in [0, 0.05) is 27.8 Å². The maximum absolute atomic E-state index is 6.58. The lowest BCUT2D eigenvalue weighted by molar-refractivity contribution is 0.436. The molecule has 0 atom stereocenters. The number of hydrogen-bond acceptors (Lipinski definition) is 3. The monoisotopic (exact) mass is 688 g/mol. The minimum atomic E-state index is -0.569. The first-order chi connectivity index (χ1) is 26.8. The molecule has 0 saturated heterocycles. The maximum Gasteiger partial charge on any atom is 0.160 e. The third-order valence-corrected chi connectivity index (χ3v) is 11.2. The second kappa shape index (κ2) is 12.0. The van der Waals surface area contributed by atoms with Gasteiger partial charge < -0.3 is 4.74 Å². The van der Waals surface area contributed by atoms with Gasteiger partial charge in [0.05, 0.1) is 16.8 Å². The minimum Gasteiger partial charge on any atom is -0.457 e. The zero-order valence-corrected chi connectivity index (χ0v) is 29.3. The van der Waals surface area contributed by atoms with Crippen LogP contribution in [0.1, 0.15) is 22.3 Å². The molecule has 0 fully saturated rings. The molecule has 3 nitrogen and oxygen atoms in total. The van der Waals surface area contributed by atoms with Gasteiger partial charge in [-0.2, -0.15) is 0 Å². The van der Waals surface area contributed by atoms with Crippen LogP contribution in [0.5, 0.6) is 11.5 Å². The average Bonchev–Trinajstić information content (AvgIpc) is 3.53. The van der Waals surface area contributed by atoms with E-state index in [0.29, 0.717) is 5.82 Å². The SMILES string of the molecule is c1ccc(-c2cc(-c3cccc(-c4cccc5ccccc45)c3)nc(-c3ccc4c(c3)C3(c5ccccc5Oc5ccccc53)c3ccccc3-4)n2)cc1. The number of aromatic nitrogens is 2. The Morgan fingerprint density at radius 3 is 1.74 bits per heavy atom. The Labute approximate surface area is 313 Å². The summed E-state index contributed by atoms with van der Waals surface area (Å²) in [5.74, 6) is 2.43. The van der Waals surface area contributed by atoms with Crippen LogP contribution in [0.3, 0.4) is 0 Å². The van der Waals surface area contributed by atoms with E-state index < -0.39 is 5.41 Å². The highest BCUT2D eigenvalue weighted by molar-refractivity contribution is 5.97. The molecule has 2 aliphatic rings. The summed E-state index contributed by atoms with van der Waals surface area (Å²) in [6.45, 7) is 0. The third-order valence-electron chi connectivity index (χ3n) is 11.2. The number of para-hydroxylation sites is 2. The molecule has 1 spiro atoms. The van der Waals surface area contributed by atoms with Crippen molar-refractivity contribution in [3.63, 3.8) is 0 Å². The molecule has 1 aromatic heterocycles. The van der Waals surface area contributed by atoms with Gasteiger partial charge in [0.1, 0.15) is 11.5 Å². The first-order valence-electron chi connectivity index (χ1n) is 18.4. The van der Waals surface area contributed by atoms with E-state index >= 15 is 0 Å². The minimum absolute atomic E-state index is 0.569. The number of nitrogens with zero attached hydrogens (tertiary/aromatic N) is 2. The zero-order chi connectivity index (χ0) is 35.6. The zero-order valence-electron chi connectivity index (χ0n) is 29.3. The van der Waals surface area contributed by atoms with Gasteiger partial charge in [0.15, 0.2) is 5.82 Å². The van der Waals surface area contributed by atoms with E-state index in [0.717, 1.165) is 56.3 Å². The third kappa shape index (κ3) is 4.55. The predicted octanol–water partition coefficient (Wildman–Crippen LogP) is 12.8. The summed E-state index contributed by atoms with van der Waals surface area (Å²) in [4.78, 5) is 10.6. The van der Waals surface area contributed by atoms with Gasteiger partial charge in [-0.25, -0.2) is 9.97 Å². The van der Waals surface area contributed by atoms with Crippen molar-refractivity contribution in [2.75, 3.05) is 0 Å². The number of benzene rings is 8. The molecule has 54 heavy (non-hydrogen) atoms. The molecule has 11 rings (SSSR count). The van der Waals surface area contributed by atoms with Crippen molar-refractivity contribution < 1.29 is 4.74 Å². The van der Waals surface area contributed by atoms with Crippen LogP contribution in [0.25, 0.3) is 66.9 Å². The first kappa shape index (κ1) is 30.5. The van der Waals surface area contributed by atoms with Crippen LogP contribution in [-0.4, -0.2) is 9.97 Å². The van der Waals surface area contributed by atoms with Crippen molar-refractivity contribution in [1.29, 1.82) is 0 Å². The molecule has 9 aromatic rings. The van der Waals surface area contributed by atoms with Crippen LogP contribution in [0.15, 0.2) is 194 Å². The Morgan fingerprint density at radius 1 is 0.352 bits per heavy atom. The number of rotatable bonds is 4. The van der Waals surface area contributed by atoms with E-state index in [1.54, 1.807) is 0 Å². The molecule has 0 unspecified atom stereocenters. The maximum atomic E-state index is 6.58. The van der Waals surface area contributed by atoms with Gasteiger partial charge >= 0.3 is 0 Å². The molecule has 2 heterocycles. The fourth-order valence-corrected chi connectivity index (χ4v) is 8.80. The van der Waals surface area contributed by atoms with Crippen LogP contribution < -0.4 is 4.74 Å². The van der Waals surface area contributed by atoms with Crippen molar-refractivity contribution in [1.82, 2.24) is 9.97 Å². The van der Waals surface area contributed by atoms with E-state index in [2.05, 4.69) is 188 Å². The highest BCUT2D eigenvalue weighted by Gasteiger charge is 2.51. The average molecular weight is 689 g/mol. The molecule has 1 aliphatic carbocycles. The largest absolute Gasteiger partial charge is 0.457 e. The van der Waals surface area contributed by atoms with Crippen LogP contribution in [0, 0.1) is 0 Å².